The second kappa shape index (κ2) is 11.0. The third-order valence-corrected chi connectivity index (χ3v) is 6.26. The van der Waals surface area contributed by atoms with Crippen LogP contribution in [0.25, 0.3) is 0 Å². The van der Waals surface area contributed by atoms with Gasteiger partial charge in [0.1, 0.15) is 12.2 Å². The monoisotopic (exact) mass is 420 g/mol. The van der Waals surface area contributed by atoms with E-state index < -0.39 is 31.9 Å². The first kappa shape index (κ1) is 24.8. The Hall–Kier alpha value is -2.28. The Morgan fingerprint density at radius 1 is 1.07 bits per heavy atom. The second-order valence-electron chi connectivity index (χ2n) is 9.15. The van der Waals surface area contributed by atoms with Crippen molar-refractivity contribution in [2.75, 3.05) is 6.61 Å². The molecule has 0 fully saturated rings. The molecule has 0 unspecified atom stereocenters. The molecule has 7 heteroatoms. The predicted octanol–water partition coefficient (Wildman–Crippen LogP) is 4.67. The van der Waals surface area contributed by atoms with Crippen LogP contribution >= 0.6 is 0 Å². The molecule has 0 bridgehead atoms. The number of rotatable bonds is 8. The van der Waals surface area contributed by atoms with Crippen molar-refractivity contribution < 1.29 is 19.1 Å². The number of alkyl carbamates (subject to hydrolysis) is 2. The average Bonchev–Trinajstić information content (AvgIpc) is 2.57. The number of hydrogen-bond donors (Lipinski definition) is 2. The number of carbonyl (C=O) groups excluding carboxylic acids is 2. The molecule has 0 saturated heterocycles. The van der Waals surface area contributed by atoms with E-state index in [2.05, 4.69) is 30.3 Å². The van der Waals surface area contributed by atoms with Gasteiger partial charge in [0.15, 0.2) is 0 Å². The summed E-state index contributed by atoms with van der Waals surface area (Å²) in [7, 11) is -1.63. The molecule has 2 atom stereocenters. The summed E-state index contributed by atoms with van der Waals surface area (Å²) in [4.78, 5) is 24.6. The number of ether oxygens (including phenoxy) is 2. The van der Waals surface area contributed by atoms with Crippen LogP contribution in [-0.4, -0.2) is 44.2 Å². The molecule has 1 aromatic carbocycles. The van der Waals surface area contributed by atoms with Gasteiger partial charge in [-0.2, -0.15) is 0 Å². The van der Waals surface area contributed by atoms with Crippen molar-refractivity contribution in [2.45, 2.75) is 71.1 Å². The lowest BCUT2D eigenvalue weighted by Crippen LogP contribution is -2.50. The van der Waals surface area contributed by atoms with E-state index in [1.54, 1.807) is 20.8 Å². The zero-order valence-corrected chi connectivity index (χ0v) is 19.7. The summed E-state index contributed by atoms with van der Waals surface area (Å²) in [6.45, 7) is 13.9. The van der Waals surface area contributed by atoms with Crippen LogP contribution in [0.15, 0.2) is 42.5 Å². The van der Waals surface area contributed by atoms with E-state index in [9.17, 15) is 9.59 Å². The summed E-state index contributed by atoms with van der Waals surface area (Å²) in [5.74, 6) is 0. The minimum atomic E-state index is -1.63. The maximum atomic E-state index is 12.4. The molecule has 0 saturated carbocycles. The highest BCUT2D eigenvalue weighted by atomic mass is 28.3. The first-order chi connectivity index (χ1) is 13.4. The molecule has 0 aromatic heterocycles. The van der Waals surface area contributed by atoms with Gasteiger partial charge < -0.3 is 20.1 Å². The van der Waals surface area contributed by atoms with Crippen molar-refractivity contribution in [3.8, 4) is 0 Å². The molecule has 29 heavy (non-hydrogen) atoms. The van der Waals surface area contributed by atoms with Crippen molar-refractivity contribution in [3.05, 3.63) is 48.0 Å². The molecule has 0 aliphatic carbocycles. The lowest BCUT2D eigenvalue weighted by Gasteiger charge is -2.27. The normalized spacial score (nSPS) is 14.2. The second-order valence-corrected chi connectivity index (χ2v) is 14.5. The SMILES string of the molecule is C/C=C/[C@@H](NC(=O)OC[C@H](Cc1ccccc1)NC(=O)OC(C)(C)C)[Si](C)(C)C. The molecule has 0 aliphatic heterocycles. The van der Waals surface area contributed by atoms with Crippen LogP contribution in [0.1, 0.15) is 33.3 Å². The van der Waals surface area contributed by atoms with Crippen molar-refractivity contribution in [1.82, 2.24) is 10.6 Å². The van der Waals surface area contributed by atoms with Crippen LogP contribution in [0, 0.1) is 0 Å². The Kier molecular flexibility index (Phi) is 9.43. The number of amides is 2. The van der Waals surface area contributed by atoms with E-state index in [4.69, 9.17) is 9.47 Å². The van der Waals surface area contributed by atoms with Crippen LogP contribution in [0.2, 0.25) is 19.6 Å². The lowest BCUT2D eigenvalue weighted by atomic mass is 10.1. The maximum Gasteiger partial charge on any atom is 0.408 e. The van der Waals surface area contributed by atoms with E-state index in [1.807, 2.05) is 49.4 Å². The summed E-state index contributed by atoms with van der Waals surface area (Å²) in [6.07, 6.45) is 3.44. The van der Waals surface area contributed by atoms with Crippen LogP contribution < -0.4 is 10.6 Å². The van der Waals surface area contributed by atoms with Crippen LogP contribution in [0.5, 0.6) is 0 Å². The Morgan fingerprint density at radius 2 is 1.69 bits per heavy atom. The largest absolute Gasteiger partial charge is 0.447 e. The Labute approximate surface area is 176 Å². The first-order valence-corrected chi connectivity index (χ1v) is 13.6. The maximum absolute atomic E-state index is 12.4. The summed E-state index contributed by atoms with van der Waals surface area (Å²) < 4.78 is 10.8. The van der Waals surface area contributed by atoms with Gasteiger partial charge in [0.2, 0.25) is 0 Å². The smallest absolute Gasteiger partial charge is 0.408 e. The molecule has 162 valence electrons. The van der Waals surface area contributed by atoms with Gasteiger partial charge in [-0.3, -0.25) is 0 Å². The van der Waals surface area contributed by atoms with Crippen molar-refractivity contribution in [1.29, 1.82) is 0 Å². The molecule has 2 N–H and O–H groups in total. The molecular weight excluding hydrogens is 384 g/mol. The number of allylic oxidation sites excluding steroid dienone is 1. The van der Waals surface area contributed by atoms with Gasteiger partial charge in [-0.1, -0.05) is 62.1 Å². The van der Waals surface area contributed by atoms with Gasteiger partial charge in [-0.15, -0.1) is 0 Å². The highest BCUT2D eigenvalue weighted by molar-refractivity contribution is 6.78. The summed E-state index contributed by atoms with van der Waals surface area (Å²) in [5, 5.41) is 5.75. The highest BCUT2D eigenvalue weighted by Gasteiger charge is 2.27. The molecule has 0 aliphatic rings. The molecule has 2 amide bonds. The van der Waals surface area contributed by atoms with Gasteiger partial charge in [0, 0.05) is 5.67 Å². The van der Waals surface area contributed by atoms with Gasteiger partial charge >= 0.3 is 12.2 Å². The zero-order chi connectivity index (χ0) is 22.1. The third-order valence-electron chi connectivity index (χ3n) is 4.05. The molecule has 0 heterocycles. The predicted molar refractivity (Wildman–Crippen MR) is 120 cm³/mol. The lowest BCUT2D eigenvalue weighted by molar-refractivity contribution is 0.0471. The minimum Gasteiger partial charge on any atom is -0.447 e. The van der Waals surface area contributed by atoms with Gasteiger partial charge in [-0.05, 0) is 39.7 Å². The van der Waals surface area contributed by atoms with E-state index >= 15 is 0 Å². The van der Waals surface area contributed by atoms with Crippen LogP contribution in [0.3, 0.4) is 0 Å². The molecular formula is C22H36N2O4Si. The number of benzene rings is 1. The summed E-state index contributed by atoms with van der Waals surface area (Å²) in [5.41, 5.74) is 0.411. The standard InChI is InChI=1S/C22H36N2O4Si/c1-8-12-19(29(5,6)7)24-20(25)27-16-18(15-17-13-10-9-11-14-17)23-21(26)28-22(2,3)4/h8-14,18-19H,15-16H2,1-7H3,(H,23,26)(H,24,25)/b12-8+/t18-,19-/m0/s1. The molecule has 1 aromatic rings. The number of carbonyl (C=O) groups is 2. The number of nitrogens with one attached hydrogen (secondary N) is 2. The Morgan fingerprint density at radius 3 is 2.21 bits per heavy atom. The fourth-order valence-corrected chi connectivity index (χ4v) is 3.94. The minimum absolute atomic E-state index is 0.0219. The van der Waals surface area contributed by atoms with Gasteiger partial charge in [0.25, 0.3) is 0 Å². The Balaban J connectivity index is 2.75. The summed E-state index contributed by atoms with van der Waals surface area (Å²) in [6, 6.07) is 9.34. The van der Waals surface area contributed by atoms with Crippen molar-refractivity contribution in [2.24, 2.45) is 0 Å². The van der Waals surface area contributed by atoms with Gasteiger partial charge in [-0.25, -0.2) is 9.59 Å². The zero-order valence-electron chi connectivity index (χ0n) is 18.7. The van der Waals surface area contributed by atoms with Crippen molar-refractivity contribution in [3.63, 3.8) is 0 Å². The Bertz CT molecular complexity index is 678. The van der Waals surface area contributed by atoms with E-state index in [0.29, 0.717) is 6.42 Å². The number of hydrogen-bond acceptors (Lipinski definition) is 4. The summed E-state index contributed by atoms with van der Waals surface area (Å²) >= 11 is 0. The van der Waals surface area contributed by atoms with E-state index in [1.165, 1.54) is 0 Å². The van der Waals surface area contributed by atoms with Gasteiger partial charge in [0.05, 0.1) is 14.1 Å². The van der Waals surface area contributed by atoms with E-state index in [0.717, 1.165) is 5.56 Å². The average molecular weight is 421 g/mol. The van der Waals surface area contributed by atoms with Crippen LogP contribution in [-0.2, 0) is 15.9 Å². The van der Waals surface area contributed by atoms with Crippen LogP contribution in [0.4, 0.5) is 9.59 Å². The highest BCUT2D eigenvalue weighted by Crippen LogP contribution is 2.11. The molecule has 6 nitrogen and oxygen atoms in total. The molecule has 0 spiro atoms. The topological polar surface area (TPSA) is 76.7 Å². The fraction of sp³-hybridized carbons (Fsp3) is 0.545. The quantitative estimate of drug-likeness (QED) is 0.473. The van der Waals surface area contributed by atoms with Crippen molar-refractivity contribution >= 4 is 20.3 Å². The first-order valence-electron chi connectivity index (χ1n) is 10.0. The van der Waals surface area contributed by atoms with E-state index in [-0.39, 0.29) is 12.3 Å². The fourth-order valence-electron chi connectivity index (χ4n) is 2.62. The molecule has 1 rings (SSSR count). The molecule has 0 radical (unpaired) electrons. The third kappa shape index (κ3) is 10.7.